The van der Waals surface area contributed by atoms with Crippen molar-refractivity contribution in [3.8, 4) is 0 Å². The summed E-state index contributed by atoms with van der Waals surface area (Å²) in [4.78, 5) is 36.2. The predicted molar refractivity (Wildman–Crippen MR) is 67.8 cm³/mol. The Balaban J connectivity index is 2.71. The van der Waals surface area contributed by atoms with Gasteiger partial charge in [-0.25, -0.2) is 0 Å². The molecule has 4 N–H and O–H groups in total. The summed E-state index contributed by atoms with van der Waals surface area (Å²) in [5, 5.41) is 12.2. The number of hydrogen-bond acceptors (Lipinski definition) is 4. The molecule has 19 heavy (non-hydrogen) atoms. The van der Waals surface area contributed by atoms with E-state index in [0.29, 0.717) is 6.42 Å². The number of carbonyl (C=O) groups excluding carboxylic acids is 3. The molecule has 3 amide bonds. The van der Waals surface area contributed by atoms with Crippen molar-refractivity contribution in [2.75, 3.05) is 6.54 Å². The summed E-state index contributed by atoms with van der Waals surface area (Å²) in [5.74, 6) is -1.61. The summed E-state index contributed by atoms with van der Waals surface area (Å²) >= 11 is 0. The molecule has 0 aromatic rings. The number of nitrogens with zero attached hydrogens (tertiary/aromatic N) is 1. The molecule has 0 radical (unpaired) electrons. The summed E-state index contributed by atoms with van der Waals surface area (Å²) in [6.07, 6.45) is -0.626. The molecule has 3 atom stereocenters. The van der Waals surface area contributed by atoms with Crippen LogP contribution in [0.25, 0.3) is 0 Å². The molecule has 1 heterocycles. The Hall–Kier alpha value is -1.63. The van der Waals surface area contributed by atoms with Crippen molar-refractivity contribution in [2.24, 2.45) is 11.7 Å². The number of rotatable bonds is 4. The first-order valence-corrected chi connectivity index (χ1v) is 6.34. The molecular formula is C12H21N3O4. The maximum atomic E-state index is 12.2. The fourth-order valence-corrected chi connectivity index (χ4v) is 2.06. The van der Waals surface area contributed by atoms with E-state index in [4.69, 9.17) is 5.73 Å². The zero-order valence-electron chi connectivity index (χ0n) is 11.4. The van der Waals surface area contributed by atoms with Crippen LogP contribution in [0.3, 0.4) is 0 Å². The van der Waals surface area contributed by atoms with Crippen molar-refractivity contribution < 1.29 is 19.5 Å². The Labute approximate surface area is 112 Å². The van der Waals surface area contributed by atoms with Gasteiger partial charge in [-0.1, -0.05) is 13.8 Å². The third-order valence-electron chi connectivity index (χ3n) is 3.19. The lowest BCUT2D eigenvalue weighted by Gasteiger charge is -2.27. The Morgan fingerprint density at radius 1 is 1.32 bits per heavy atom. The minimum atomic E-state index is -1.01. The molecule has 0 aromatic carbocycles. The van der Waals surface area contributed by atoms with Gasteiger partial charge in [0.2, 0.25) is 17.7 Å². The minimum absolute atomic E-state index is 0.230. The highest BCUT2D eigenvalue weighted by molar-refractivity contribution is 5.92. The van der Waals surface area contributed by atoms with Crippen LogP contribution in [0.4, 0.5) is 0 Å². The van der Waals surface area contributed by atoms with E-state index >= 15 is 0 Å². The molecule has 7 heteroatoms. The fraction of sp³-hybridized carbons (Fsp3) is 0.750. The first-order valence-electron chi connectivity index (χ1n) is 6.34. The van der Waals surface area contributed by atoms with Crippen LogP contribution >= 0.6 is 0 Å². The average molecular weight is 271 g/mol. The smallest absolute Gasteiger partial charge is 0.245 e. The molecular weight excluding hydrogens is 250 g/mol. The van der Waals surface area contributed by atoms with Crippen LogP contribution in [0.15, 0.2) is 0 Å². The van der Waals surface area contributed by atoms with Gasteiger partial charge in [-0.05, 0) is 13.3 Å². The standard InChI is InChI=1S/C12H21N3O4/c1-6(2)11(18)14-7(3)12(19)15-5-4-8(16)9(15)10(13)17/h6-9,16H,4-5H2,1-3H3,(H2,13,17)(H,14,18)/t7-,8-,9-/m0/s1. The number of nitrogens with two attached hydrogens (primary N) is 1. The molecule has 0 aliphatic carbocycles. The molecule has 1 saturated heterocycles. The molecule has 0 aromatic heterocycles. The van der Waals surface area contributed by atoms with Gasteiger partial charge in [-0.2, -0.15) is 0 Å². The van der Waals surface area contributed by atoms with Gasteiger partial charge in [-0.3, -0.25) is 14.4 Å². The van der Waals surface area contributed by atoms with E-state index in [0.717, 1.165) is 0 Å². The number of aliphatic hydroxyl groups is 1. The van der Waals surface area contributed by atoms with E-state index in [9.17, 15) is 19.5 Å². The van der Waals surface area contributed by atoms with Gasteiger partial charge in [0.1, 0.15) is 12.1 Å². The zero-order valence-corrected chi connectivity index (χ0v) is 11.4. The van der Waals surface area contributed by atoms with Crippen LogP contribution in [0.5, 0.6) is 0 Å². The molecule has 108 valence electrons. The van der Waals surface area contributed by atoms with Crippen LogP contribution in [0.1, 0.15) is 27.2 Å². The van der Waals surface area contributed by atoms with Crippen molar-refractivity contribution in [2.45, 2.75) is 45.4 Å². The summed E-state index contributed by atoms with van der Waals surface area (Å²) in [5.41, 5.74) is 5.19. The van der Waals surface area contributed by atoms with Gasteiger partial charge in [-0.15, -0.1) is 0 Å². The first-order chi connectivity index (χ1) is 8.75. The topological polar surface area (TPSA) is 113 Å². The molecule has 1 rings (SSSR count). The highest BCUT2D eigenvalue weighted by Crippen LogP contribution is 2.18. The second kappa shape index (κ2) is 6.01. The molecule has 1 fully saturated rings. The second-order valence-electron chi connectivity index (χ2n) is 5.12. The van der Waals surface area contributed by atoms with Gasteiger partial charge in [0.15, 0.2) is 0 Å². The van der Waals surface area contributed by atoms with Gasteiger partial charge in [0, 0.05) is 12.5 Å². The Morgan fingerprint density at radius 3 is 2.37 bits per heavy atom. The van der Waals surface area contributed by atoms with Crippen LogP contribution < -0.4 is 11.1 Å². The lowest BCUT2D eigenvalue weighted by atomic mass is 10.1. The summed E-state index contributed by atoms with van der Waals surface area (Å²) in [6, 6.07) is -1.76. The van der Waals surface area contributed by atoms with Crippen molar-refractivity contribution in [1.29, 1.82) is 0 Å². The van der Waals surface area contributed by atoms with E-state index in [-0.39, 0.29) is 18.4 Å². The monoisotopic (exact) mass is 271 g/mol. The third kappa shape index (κ3) is 3.44. The van der Waals surface area contributed by atoms with E-state index in [2.05, 4.69) is 5.32 Å². The van der Waals surface area contributed by atoms with E-state index < -0.39 is 30.0 Å². The number of primary amides is 1. The lowest BCUT2D eigenvalue weighted by molar-refractivity contribution is -0.142. The Morgan fingerprint density at radius 2 is 1.89 bits per heavy atom. The number of hydrogen-bond donors (Lipinski definition) is 3. The van der Waals surface area contributed by atoms with Gasteiger partial charge < -0.3 is 21.1 Å². The number of carbonyl (C=O) groups is 3. The summed E-state index contributed by atoms with van der Waals surface area (Å²) in [7, 11) is 0. The summed E-state index contributed by atoms with van der Waals surface area (Å²) in [6.45, 7) is 5.25. The van der Waals surface area contributed by atoms with E-state index in [1.807, 2.05) is 0 Å². The Kier molecular flexibility index (Phi) is 4.88. The molecule has 0 unspecified atom stereocenters. The van der Waals surface area contributed by atoms with Gasteiger partial charge in [0.05, 0.1) is 6.10 Å². The maximum absolute atomic E-state index is 12.2. The molecule has 0 spiro atoms. The lowest BCUT2D eigenvalue weighted by Crippen LogP contribution is -2.54. The first kappa shape index (κ1) is 15.4. The molecule has 1 aliphatic rings. The average Bonchev–Trinajstić information content (AvgIpc) is 2.69. The summed E-state index contributed by atoms with van der Waals surface area (Å²) < 4.78 is 0. The van der Waals surface area contributed by atoms with Crippen molar-refractivity contribution in [3.63, 3.8) is 0 Å². The van der Waals surface area contributed by atoms with Gasteiger partial charge >= 0.3 is 0 Å². The van der Waals surface area contributed by atoms with Crippen LogP contribution in [0.2, 0.25) is 0 Å². The van der Waals surface area contributed by atoms with Crippen molar-refractivity contribution >= 4 is 17.7 Å². The van der Waals surface area contributed by atoms with E-state index in [1.165, 1.54) is 4.90 Å². The molecule has 1 aliphatic heterocycles. The molecule has 7 nitrogen and oxygen atoms in total. The van der Waals surface area contributed by atoms with Crippen molar-refractivity contribution in [1.82, 2.24) is 10.2 Å². The number of likely N-dealkylation sites (tertiary alicyclic amines) is 1. The van der Waals surface area contributed by atoms with Gasteiger partial charge in [0.25, 0.3) is 0 Å². The third-order valence-corrected chi connectivity index (χ3v) is 3.19. The molecule has 0 saturated carbocycles. The Bertz CT molecular complexity index is 383. The SMILES string of the molecule is CC(C)C(=O)N[C@@H](C)C(=O)N1CC[C@H](O)[C@H]1C(N)=O. The normalized spacial score (nSPS) is 24.4. The van der Waals surface area contributed by atoms with E-state index in [1.54, 1.807) is 20.8 Å². The van der Waals surface area contributed by atoms with Crippen LogP contribution in [-0.4, -0.2) is 52.5 Å². The number of aliphatic hydroxyl groups excluding tert-OH is 1. The van der Waals surface area contributed by atoms with Crippen LogP contribution in [0, 0.1) is 5.92 Å². The number of nitrogens with one attached hydrogen (secondary N) is 1. The highest BCUT2D eigenvalue weighted by atomic mass is 16.3. The number of amides is 3. The predicted octanol–water partition coefficient (Wildman–Crippen LogP) is -1.41. The largest absolute Gasteiger partial charge is 0.390 e. The molecule has 0 bridgehead atoms. The quantitative estimate of drug-likeness (QED) is 0.583. The second-order valence-corrected chi connectivity index (χ2v) is 5.12. The maximum Gasteiger partial charge on any atom is 0.245 e. The fourth-order valence-electron chi connectivity index (χ4n) is 2.06. The zero-order chi connectivity index (χ0) is 14.7. The highest BCUT2D eigenvalue weighted by Gasteiger charge is 2.41. The van der Waals surface area contributed by atoms with Crippen molar-refractivity contribution in [3.05, 3.63) is 0 Å². The minimum Gasteiger partial charge on any atom is -0.390 e. The van der Waals surface area contributed by atoms with Crippen LogP contribution in [-0.2, 0) is 14.4 Å².